The fourth-order valence-electron chi connectivity index (χ4n) is 3.43. The average molecular weight is 385 g/mol. The summed E-state index contributed by atoms with van der Waals surface area (Å²) in [5.74, 6) is 0. The van der Waals surface area contributed by atoms with Gasteiger partial charge in [-0.25, -0.2) is 0 Å². The van der Waals surface area contributed by atoms with Crippen molar-refractivity contribution in [2.45, 2.75) is 31.1 Å². The Labute approximate surface area is 164 Å². The molecule has 1 aliphatic carbocycles. The Morgan fingerprint density at radius 1 is 1.44 bits per heavy atom. The van der Waals surface area contributed by atoms with E-state index in [0.29, 0.717) is 12.1 Å². The molecular formula is C20H25ClN6. The third-order valence-electron chi connectivity index (χ3n) is 4.75. The number of benzodiazepines with no additional fused rings is 1. The van der Waals surface area contributed by atoms with Crippen LogP contribution in [0.15, 0.2) is 53.2 Å². The molecule has 0 bridgehead atoms. The van der Waals surface area contributed by atoms with Gasteiger partial charge in [0.25, 0.3) is 0 Å². The molecule has 0 saturated heterocycles. The second-order valence-electron chi connectivity index (χ2n) is 6.67. The van der Waals surface area contributed by atoms with Crippen molar-refractivity contribution in [1.29, 1.82) is 5.41 Å². The lowest BCUT2D eigenvalue weighted by Crippen LogP contribution is -2.52. The topological polar surface area (TPSA) is 118 Å². The Bertz CT molecular complexity index is 852. The Morgan fingerprint density at radius 2 is 2.22 bits per heavy atom. The Balaban J connectivity index is 2.19. The maximum atomic E-state index is 7.60. The normalized spacial score (nSPS) is 23.9. The number of benzene rings is 1. The van der Waals surface area contributed by atoms with E-state index in [1.165, 1.54) is 12.4 Å². The molecule has 1 heterocycles. The molecule has 7 N–H and O–H groups in total. The van der Waals surface area contributed by atoms with Crippen molar-refractivity contribution < 1.29 is 0 Å². The van der Waals surface area contributed by atoms with Gasteiger partial charge in [0.1, 0.15) is 0 Å². The molecule has 0 amide bonds. The third-order valence-corrected chi connectivity index (χ3v) is 5.08. The van der Waals surface area contributed by atoms with Crippen molar-refractivity contribution >= 4 is 34.8 Å². The highest BCUT2D eigenvalue weighted by Gasteiger charge is 2.27. The van der Waals surface area contributed by atoms with Crippen LogP contribution in [-0.2, 0) is 0 Å². The zero-order valence-electron chi connectivity index (χ0n) is 15.3. The summed E-state index contributed by atoms with van der Waals surface area (Å²) < 4.78 is 0. The van der Waals surface area contributed by atoms with E-state index in [0.717, 1.165) is 34.5 Å². The summed E-state index contributed by atoms with van der Waals surface area (Å²) in [5.41, 5.74) is 23.4. The SMILES string of the molecule is CC(N)N1c2ccc(/C(C=N)=C/N)cc2C(C2=CCC(Cl)C=C2)=NCC1N. The molecule has 3 unspecified atom stereocenters. The second kappa shape index (κ2) is 8.08. The first-order valence-corrected chi connectivity index (χ1v) is 9.33. The molecule has 3 rings (SSSR count). The molecular weight excluding hydrogens is 360 g/mol. The van der Waals surface area contributed by atoms with Crippen LogP contribution in [-0.4, -0.2) is 36.2 Å². The van der Waals surface area contributed by atoms with E-state index in [1.54, 1.807) is 0 Å². The summed E-state index contributed by atoms with van der Waals surface area (Å²) in [6, 6.07) is 5.89. The minimum atomic E-state index is -0.326. The van der Waals surface area contributed by atoms with Crippen LogP contribution in [0.1, 0.15) is 24.5 Å². The Kier molecular flexibility index (Phi) is 5.79. The molecule has 6 nitrogen and oxygen atoms in total. The molecule has 1 aliphatic heterocycles. The smallest absolute Gasteiger partial charge is 0.0984 e. The monoisotopic (exact) mass is 384 g/mol. The van der Waals surface area contributed by atoms with Crippen LogP contribution in [0.2, 0.25) is 0 Å². The van der Waals surface area contributed by atoms with Gasteiger partial charge in [-0.15, -0.1) is 11.6 Å². The minimum Gasteiger partial charge on any atom is -0.404 e. The summed E-state index contributed by atoms with van der Waals surface area (Å²) >= 11 is 6.18. The first kappa shape index (κ1) is 19.4. The van der Waals surface area contributed by atoms with Crippen molar-refractivity contribution in [2.75, 3.05) is 11.4 Å². The van der Waals surface area contributed by atoms with Gasteiger partial charge in [-0.1, -0.05) is 24.3 Å². The van der Waals surface area contributed by atoms with Crippen LogP contribution in [0.4, 0.5) is 5.69 Å². The van der Waals surface area contributed by atoms with Crippen LogP contribution < -0.4 is 22.1 Å². The van der Waals surface area contributed by atoms with Crippen LogP contribution >= 0.6 is 11.6 Å². The van der Waals surface area contributed by atoms with Crippen molar-refractivity contribution in [3.05, 3.63) is 59.3 Å². The molecule has 27 heavy (non-hydrogen) atoms. The molecule has 3 atom stereocenters. The zero-order chi connectivity index (χ0) is 19.6. The predicted molar refractivity (Wildman–Crippen MR) is 114 cm³/mol. The lowest BCUT2D eigenvalue weighted by molar-refractivity contribution is 0.553. The van der Waals surface area contributed by atoms with E-state index in [4.69, 9.17) is 39.2 Å². The van der Waals surface area contributed by atoms with Crippen molar-refractivity contribution in [3.8, 4) is 0 Å². The highest BCUT2D eigenvalue weighted by Crippen LogP contribution is 2.32. The largest absolute Gasteiger partial charge is 0.404 e. The standard InChI is InChI=1S/C20H25ClN6/c1-12(24)27-18-7-4-14(15(9-22)10-23)8-17(18)20(26-11-19(27)25)13-2-5-16(21)6-3-13/h2-5,7-10,12,16,19,22H,6,11,23-25H2,1H3/b15-10+,22-9?. The molecule has 142 valence electrons. The van der Waals surface area contributed by atoms with E-state index in [-0.39, 0.29) is 17.7 Å². The van der Waals surface area contributed by atoms with Crippen LogP contribution in [0.25, 0.3) is 5.57 Å². The van der Waals surface area contributed by atoms with E-state index in [1.807, 2.05) is 42.2 Å². The molecule has 0 radical (unpaired) electrons. The highest BCUT2D eigenvalue weighted by molar-refractivity contribution is 6.23. The number of allylic oxidation sites excluding steroid dienone is 5. The molecule has 0 spiro atoms. The van der Waals surface area contributed by atoms with Gasteiger partial charge in [-0.3, -0.25) is 4.99 Å². The average Bonchev–Trinajstić information content (AvgIpc) is 2.79. The first-order chi connectivity index (χ1) is 13.0. The lowest BCUT2D eigenvalue weighted by Gasteiger charge is -2.33. The summed E-state index contributed by atoms with van der Waals surface area (Å²) in [7, 11) is 0. The first-order valence-electron chi connectivity index (χ1n) is 8.90. The van der Waals surface area contributed by atoms with Crippen molar-refractivity contribution in [3.63, 3.8) is 0 Å². The maximum Gasteiger partial charge on any atom is 0.0984 e. The number of fused-ring (bicyclic) bond motifs is 1. The quantitative estimate of drug-likeness (QED) is 0.470. The summed E-state index contributed by atoms with van der Waals surface area (Å²) in [6.45, 7) is 2.34. The Morgan fingerprint density at radius 3 is 2.81 bits per heavy atom. The number of nitrogens with one attached hydrogen (secondary N) is 1. The van der Waals surface area contributed by atoms with Gasteiger partial charge in [-0.2, -0.15) is 0 Å². The summed E-state index contributed by atoms with van der Waals surface area (Å²) in [6.07, 6.45) is 8.88. The number of hydrogen-bond donors (Lipinski definition) is 4. The zero-order valence-corrected chi connectivity index (χ0v) is 16.0. The number of rotatable bonds is 4. The molecule has 1 aromatic rings. The van der Waals surface area contributed by atoms with Gasteiger partial charge in [-0.05, 0) is 36.6 Å². The van der Waals surface area contributed by atoms with E-state index >= 15 is 0 Å². The number of hydrogen-bond acceptors (Lipinski definition) is 6. The van der Waals surface area contributed by atoms with Crippen LogP contribution in [0, 0.1) is 5.41 Å². The fraction of sp³-hybridized carbons (Fsp3) is 0.300. The van der Waals surface area contributed by atoms with Crippen LogP contribution in [0.5, 0.6) is 0 Å². The highest BCUT2D eigenvalue weighted by atomic mass is 35.5. The van der Waals surface area contributed by atoms with Gasteiger partial charge < -0.3 is 27.5 Å². The molecule has 1 aromatic carbocycles. The number of halogens is 1. The Hall–Kier alpha value is -2.41. The van der Waals surface area contributed by atoms with E-state index in [9.17, 15) is 0 Å². The van der Waals surface area contributed by atoms with Gasteiger partial charge in [0, 0.05) is 29.2 Å². The summed E-state index contributed by atoms with van der Waals surface area (Å²) in [4.78, 5) is 6.78. The number of alkyl halides is 1. The van der Waals surface area contributed by atoms with Gasteiger partial charge >= 0.3 is 0 Å². The number of aliphatic imine (C=N–C) groups is 1. The lowest BCUT2D eigenvalue weighted by atomic mass is 9.93. The molecule has 0 saturated carbocycles. The predicted octanol–water partition coefficient (Wildman–Crippen LogP) is 2.33. The van der Waals surface area contributed by atoms with Gasteiger partial charge in [0.15, 0.2) is 0 Å². The minimum absolute atomic E-state index is 0.00144. The summed E-state index contributed by atoms with van der Waals surface area (Å²) in [5, 5.41) is 7.60. The van der Waals surface area contributed by atoms with E-state index in [2.05, 4.69) is 6.08 Å². The maximum absolute atomic E-state index is 7.60. The molecule has 7 heteroatoms. The van der Waals surface area contributed by atoms with Crippen molar-refractivity contribution in [1.82, 2.24) is 0 Å². The van der Waals surface area contributed by atoms with Gasteiger partial charge in [0.2, 0.25) is 0 Å². The van der Waals surface area contributed by atoms with Crippen LogP contribution in [0.3, 0.4) is 0 Å². The number of nitrogens with zero attached hydrogens (tertiary/aromatic N) is 2. The molecule has 0 aromatic heterocycles. The molecule has 0 fully saturated rings. The third kappa shape index (κ3) is 3.83. The van der Waals surface area contributed by atoms with Crippen molar-refractivity contribution in [2.24, 2.45) is 22.2 Å². The molecule has 2 aliphatic rings. The fourth-order valence-corrected chi connectivity index (χ4v) is 3.59. The number of anilines is 1. The second-order valence-corrected chi connectivity index (χ2v) is 7.23. The van der Waals surface area contributed by atoms with Gasteiger partial charge in [0.05, 0.1) is 30.0 Å². The van der Waals surface area contributed by atoms with E-state index < -0.39 is 0 Å². The number of nitrogens with two attached hydrogens (primary N) is 3.